The van der Waals surface area contributed by atoms with Crippen LogP contribution in [-0.2, 0) is 0 Å². The average molecular weight is 282 g/mol. The Kier molecular flexibility index (Phi) is 4.18. The molecule has 0 saturated heterocycles. The largest absolute Gasteiger partial charge is 0.455 e. The highest BCUT2D eigenvalue weighted by Crippen LogP contribution is 2.32. The van der Waals surface area contributed by atoms with Crippen LogP contribution in [0.1, 0.15) is 29.7 Å². The van der Waals surface area contributed by atoms with Gasteiger partial charge in [-0.2, -0.15) is 10.5 Å². The fourth-order valence-corrected chi connectivity index (χ4v) is 1.85. The van der Waals surface area contributed by atoms with Gasteiger partial charge >= 0.3 is 0 Å². The molecule has 1 atom stereocenters. The summed E-state index contributed by atoms with van der Waals surface area (Å²) in [5, 5.41) is 27.6. The van der Waals surface area contributed by atoms with Crippen molar-refractivity contribution in [2.45, 2.75) is 13.0 Å². The maximum absolute atomic E-state index is 13.6. The first-order valence-corrected chi connectivity index (χ1v) is 6.15. The Hall–Kier alpha value is -2.89. The Labute approximate surface area is 121 Å². The maximum atomic E-state index is 13.6. The van der Waals surface area contributed by atoms with E-state index >= 15 is 0 Å². The molecule has 2 rings (SSSR count). The minimum atomic E-state index is -0.827. The zero-order valence-corrected chi connectivity index (χ0v) is 11.2. The van der Waals surface area contributed by atoms with Crippen molar-refractivity contribution >= 4 is 0 Å². The van der Waals surface area contributed by atoms with Crippen molar-refractivity contribution in [3.63, 3.8) is 0 Å². The predicted octanol–water partition coefficient (Wildman–Crippen LogP) is 3.41. The first-order chi connectivity index (χ1) is 10.1. The first kappa shape index (κ1) is 14.5. The van der Waals surface area contributed by atoms with E-state index in [-0.39, 0.29) is 17.1 Å². The summed E-state index contributed by atoms with van der Waals surface area (Å²) in [7, 11) is 0. The van der Waals surface area contributed by atoms with Gasteiger partial charge in [-0.15, -0.1) is 0 Å². The molecule has 104 valence electrons. The highest BCUT2D eigenvalue weighted by Gasteiger charge is 2.15. The highest BCUT2D eigenvalue weighted by atomic mass is 19.1. The molecule has 0 aliphatic carbocycles. The van der Waals surface area contributed by atoms with Crippen molar-refractivity contribution in [3.8, 4) is 23.6 Å². The van der Waals surface area contributed by atoms with E-state index in [0.29, 0.717) is 11.1 Å². The van der Waals surface area contributed by atoms with E-state index in [1.54, 1.807) is 25.1 Å². The molecule has 0 heterocycles. The minimum absolute atomic E-state index is 0.0366. The van der Waals surface area contributed by atoms with Crippen LogP contribution in [0.25, 0.3) is 0 Å². The van der Waals surface area contributed by atoms with E-state index in [4.69, 9.17) is 15.3 Å². The molecule has 0 spiro atoms. The molecular formula is C16H11FN2O2. The van der Waals surface area contributed by atoms with Crippen LogP contribution >= 0.6 is 0 Å². The fourth-order valence-electron chi connectivity index (χ4n) is 1.85. The number of aliphatic hydroxyl groups is 1. The lowest BCUT2D eigenvalue weighted by molar-refractivity contribution is 0.195. The van der Waals surface area contributed by atoms with Crippen LogP contribution < -0.4 is 4.74 Å². The Balaban J connectivity index is 2.52. The van der Waals surface area contributed by atoms with Crippen LogP contribution in [0, 0.1) is 28.5 Å². The third-order valence-corrected chi connectivity index (χ3v) is 2.90. The molecule has 21 heavy (non-hydrogen) atoms. The SMILES string of the molecule is CC(O)c1ccc(C#N)cc1Oc1cccc(F)c1C#N. The van der Waals surface area contributed by atoms with Crippen LogP contribution in [-0.4, -0.2) is 5.11 Å². The average Bonchev–Trinajstić information content (AvgIpc) is 2.47. The van der Waals surface area contributed by atoms with Crippen molar-refractivity contribution in [3.05, 3.63) is 58.9 Å². The standard InChI is InChI=1S/C16H11FN2O2/c1-10(20)12-6-5-11(8-18)7-16(12)21-15-4-2-3-14(17)13(15)9-19/h2-7,10,20H,1H3. The third kappa shape index (κ3) is 3.00. The zero-order chi connectivity index (χ0) is 15.4. The van der Waals surface area contributed by atoms with Gasteiger partial charge in [0, 0.05) is 5.56 Å². The number of aliphatic hydroxyl groups excluding tert-OH is 1. The molecule has 2 aromatic rings. The van der Waals surface area contributed by atoms with Gasteiger partial charge in [-0.1, -0.05) is 12.1 Å². The van der Waals surface area contributed by atoms with E-state index < -0.39 is 11.9 Å². The topological polar surface area (TPSA) is 77.0 Å². The monoisotopic (exact) mass is 282 g/mol. The third-order valence-electron chi connectivity index (χ3n) is 2.90. The van der Waals surface area contributed by atoms with Gasteiger partial charge in [-0.25, -0.2) is 4.39 Å². The second kappa shape index (κ2) is 6.04. The van der Waals surface area contributed by atoms with Crippen molar-refractivity contribution < 1.29 is 14.2 Å². The van der Waals surface area contributed by atoms with Gasteiger partial charge in [-0.05, 0) is 31.2 Å². The fraction of sp³-hybridized carbons (Fsp3) is 0.125. The molecule has 5 heteroatoms. The second-order valence-corrected chi connectivity index (χ2v) is 4.37. The number of halogens is 1. The summed E-state index contributed by atoms with van der Waals surface area (Å²) in [6, 6.07) is 12.3. The van der Waals surface area contributed by atoms with Crippen molar-refractivity contribution in [2.75, 3.05) is 0 Å². The smallest absolute Gasteiger partial charge is 0.148 e. The van der Waals surface area contributed by atoms with Crippen LogP contribution in [0.2, 0.25) is 0 Å². The summed E-state index contributed by atoms with van der Waals surface area (Å²) in [4.78, 5) is 0. The van der Waals surface area contributed by atoms with Gasteiger partial charge in [-0.3, -0.25) is 0 Å². The van der Waals surface area contributed by atoms with Gasteiger partial charge in [0.1, 0.15) is 28.9 Å². The molecule has 0 amide bonds. The molecule has 0 aliphatic heterocycles. The van der Waals surface area contributed by atoms with Crippen molar-refractivity contribution in [1.29, 1.82) is 10.5 Å². The van der Waals surface area contributed by atoms with Crippen molar-refractivity contribution in [2.24, 2.45) is 0 Å². The van der Waals surface area contributed by atoms with Crippen molar-refractivity contribution in [1.82, 2.24) is 0 Å². The molecule has 0 saturated carbocycles. The molecule has 4 nitrogen and oxygen atoms in total. The van der Waals surface area contributed by atoms with Crippen LogP contribution in [0.15, 0.2) is 36.4 Å². The summed E-state index contributed by atoms with van der Waals surface area (Å²) < 4.78 is 19.1. The lowest BCUT2D eigenvalue weighted by Crippen LogP contribution is -1.98. The molecule has 0 aliphatic rings. The number of hydrogen-bond donors (Lipinski definition) is 1. The van der Waals surface area contributed by atoms with Gasteiger partial charge in [0.25, 0.3) is 0 Å². The van der Waals surface area contributed by atoms with E-state index in [1.165, 1.54) is 18.2 Å². The van der Waals surface area contributed by atoms with Gasteiger partial charge in [0.15, 0.2) is 0 Å². The van der Waals surface area contributed by atoms with Crippen LogP contribution in [0.5, 0.6) is 11.5 Å². The van der Waals surface area contributed by atoms with Crippen LogP contribution in [0.3, 0.4) is 0 Å². The molecule has 1 N–H and O–H groups in total. The molecule has 0 fully saturated rings. The van der Waals surface area contributed by atoms with E-state index in [9.17, 15) is 9.50 Å². The lowest BCUT2D eigenvalue weighted by Gasteiger charge is -2.14. The lowest BCUT2D eigenvalue weighted by atomic mass is 10.1. The molecule has 0 radical (unpaired) electrons. The van der Waals surface area contributed by atoms with Gasteiger partial charge in [0.05, 0.1) is 17.7 Å². The number of hydrogen-bond acceptors (Lipinski definition) is 4. The molecular weight excluding hydrogens is 271 g/mol. The van der Waals surface area contributed by atoms with Crippen LogP contribution in [0.4, 0.5) is 4.39 Å². The van der Waals surface area contributed by atoms with E-state index in [0.717, 1.165) is 6.07 Å². The Morgan fingerprint density at radius 2 is 1.90 bits per heavy atom. The summed E-state index contributed by atoms with van der Waals surface area (Å²) in [5.41, 5.74) is 0.558. The highest BCUT2D eigenvalue weighted by molar-refractivity contribution is 5.50. The number of nitriles is 2. The number of rotatable bonds is 3. The second-order valence-electron chi connectivity index (χ2n) is 4.37. The first-order valence-electron chi connectivity index (χ1n) is 6.15. The number of nitrogens with zero attached hydrogens (tertiary/aromatic N) is 2. The number of ether oxygens (including phenoxy) is 1. The summed E-state index contributed by atoms with van der Waals surface area (Å²) >= 11 is 0. The normalized spacial score (nSPS) is 11.3. The van der Waals surface area contributed by atoms with E-state index in [2.05, 4.69) is 0 Å². The zero-order valence-electron chi connectivity index (χ0n) is 11.2. The predicted molar refractivity (Wildman–Crippen MR) is 73.0 cm³/mol. The van der Waals surface area contributed by atoms with E-state index in [1.807, 2.05) is 6.07 Å². The Morgan fingerprint density at radius 1 is 1.14 bits per heavy atom. The minimum Gasteiger partial charge on any atom is -0.455 e. The van der Waals surface area contributed by atoms with Gasteiger partial charge in [0.2, 0.25) is 0 Å². The van der Waals surface area contributed by atoms with Gasteiger partial charge < -0.3 is 9.84 Å². The molecule has 0 bridgehead atoms. The summed E-state index contributed by atoms with van der Waals surface area (Å²) in [6.45, 7) is 1.55. The molecule has 2 aromatic carbocycles. The molecule has 0 aromatic heterocycles. The molecule has 1 unspecified atom stereocenters. The quantitative estimate of drug-likeness (QED) is 0.935. The Morgan fingerprint density at radius 3 is 2.52 bits per heavy atom. The Bertz CT molecular complexity index is 758. The summed E-state index contributed by atoms with van der Waals surface area (Å²) in [6.07, 6.45) is -0.827. The number of benzene rings is 2. The maximum Gasteiger partial charge on any atom is 0.148 e. The summed E-state index contributed by atoms with van der Waals surface area (Å²) in [5.74, 6) is -0.439.